The molecular formula is C21H27N5O5. The third kappa shape index (κ3) is 5.46. The minimum atomic E-state index is -0.712. The lowest BCUT2D eigenvalue weighted by Crippen LogP contribution is -2.50. The van der Waals surface area contributed by atoms with Crippen LogP contribution in [0.3, 0.4) is 0 Å². The maximum Gasteiger partial charge on any atom is 0.301 e. The van der Waals surface area contributed by atoms with Crippen LogP contribution in [0.25, 0.3) is 11.0 Å². The molecule has 3 rings (SSSR count). The molecule has 31 heavy (non-hydrogen) atoms. The molecule has 0 radical (unpaired) electrons. The number of rotatable bonds is 7. The summed E-state index contributed by atoms with van der Waals surface area (Å²) in [6.07, 6.45) is 1.64. The minimum Gasteiger partial charge on any atom is -0.425 e. The number of para-hydroxylation sites is 1. The van der Waals surface area contributed by atoms with Gasteiger partial charge in [0, 0.05) is 6.54 Å². The summed E-state index contributed by atoms with van der Waals surface area (Å²) in [6.45, 7) is 3.99. The second kappa shape index (κ2) is 9.69. The van der Waals surface area contributed by atoms with Crippen molar-refractivity contribution in [3.8, 4) is 0 Å². The molecule has 166 valence electrons. The molecule has 1 aromatic heterocycles. The predicted octanol–water partition coefficient (Wildman–Crippen LogP) is 0.289. The zero-order valence-electron chi connectivity index (χ0n) is 17.6. The molecule has 3 amide bonds. The molecule has 0 saturated carbocycles. The molecule has 2 heterocycles. The lowest BCUT2D eigenvalue weighted by molar-refractivity contribution is -0.132. The summed E-state index contributed by atoms with van der Waals surface area (Å²) in [6, 6.07) is 5.35. The number of nitrogens with zero attached hydrogens (tertiary/aromatic N) is 2. The van der Waals surface area contributed by atoms with Crippen molar-refractivity contribution in [2.24, 2.45) is 11.7 Å². The van der Waals surface area contributed by atoms with Gasteiger partial charge in [0.15, 0.2) is 0 Å². The van der Waals surface area contributed by atoms with E-state index in [1.165, 1.54) is 0 Å². The molecule has 2 aromatic rings. The van der Waals surface area contributed by atoms with Gasteiger partial charge in [-0.05, 0) is 37.3 Å². The Labute approximate surface area is 179 Å². The average Bonchev–Trinajstić information content (AvgIpc) is 3.21. The first kappa shape index (κ1) is 22.4. The van der Waals surface area contributed by atoms with Gasteiger partial charge in [-0.25, -0.2) is 0 Å². The topological polar surface area (TPSA) is 148 Å². The third-order valence-corrected chi connectivity index (χ3v) is 5.06. The number of hydrogen-bond donors (Lipinski definition) is 3. The van der Waals surface area contributed by atoms with E-state index in [1.54, 1.807) is 29.2 Å². The molecule has 10 nitrogen and oxygen atoms in total. The standard InChI is InChI=1S/C21H27N5O5/c1-12(2)10-14(22)19(29)23-11-17(27)24-20(30)15-7-5-9-26(15)21-25-18(28)13-6-3-4-8-16(13)31-21/h3-4,6,8,12,14-15H,5,7,9-11,22H2,1-2H3,(H,23,29)(H,24,27,30)/t14-,15+/m0/s1. The predicted molar refractivity (Wildman–Crippen MR) is 114 cm³/mol. The van der Waals surface area contributed by atoms with Crippen molar-refractivity contribution in [3.05, 3.63) is 34.6 Å². The van der Waals surface area contributed by atoms with Crippen LogP contribution in [0.2, 0.25) is 0 Å². The Morgan fingerprint density at radius 2 is 2.03 bits per heavy atom. The Morgan fingerprint density at radius 3 is 2.77 bits per heavy atom. The molecular weight excluding hydrogens is 402 g/mol. The summed E-state index contributed by atoms with van der Waals surface area (Å²) in [5.74, 6) is -1.38. The SMILES string of the molecule is CC(C)C[C@H](N)C(=O)NCC(=O)NC(=O)[C@H]1CCCN1c1nc(=O)c2ccccc2o1. The van der Waals surface area contributed by atoms with Crippen molar-refractivity contribution in [3.63, 3.8) is 0 Å². The van der Waals surface area contributed by atoms with Gasteiger partial charge < -0.3 is 20.4 Å². The number of anilines is 1. The Kier molecular flexibility index (Phi) is 7.01. The molecule has 0 unspecified atom stereocenters. The van der Waals surface area contributed by atoms with Gasteiger partial charge in [-0.1, -0.05) is 26.0 Å². The summed E-state index contributed by atoms with van der Waals surface area (Å²) in [5, 5.41) is 5.08. The van der Waals surface area contributed by atoms with Crippen molar-refractivity contribution in [2.75, 3.05) is 18.0 Å². The first-order chi connectivity index (χ1) is 14.8. The highest BCUT2D eigenvalue weighted by molar-refractivity contribution is 6.01. The molecule has 1 aliphatic heterocycles. The number of imide groups is 1. The summed E-state index contributed by atoms with van der Waals surface area (Å²) in [4.78, 5) is 54.6. The highest BCUT2D eigenvalue weighted by atomic mass is 16.4. The van der Waals surface area contributed by atoms with Gasteiger partial charge in [0.05, 0.1) is 18.0 Å². The van der Waals surface area contributed by atoms with E-state index in [2.05, 4.69) is 15.6 Å². The van der Waals surface area contributed by atoms with Crippen molar-refractivity contribution < 1.29 is 18.8 Å². The first-order valence-electron chi connectivity index (χ1n) is 10.3. The number of hydrogen-bond acceptors (Lipinski definition) is 8. The Balaban J connectivity index is 1.62. The monoisotopic (exact) mass is 429 g/mol. The van der Waals surface area contributed by atoms with Crippen LogP contribution in [0.15, 0.2) is 33.5 Å². The summed E-state index contributed by atoms with van der Waals surface area (Å²) < 4.78 is 5.73. The Bertz CT molecular complexity index is 1030. The van der Waals surface area contributed by atoms with E-state index in [4.69, 9.17) is 10.2 Å². The fraction of sp³-hybridized carbons (Fsp3) is 0.476. The molecule has 2 atom stereocenters. The molecule has 1 saturated heterocycles. The minimum absolute atomic E-state index is 0.0433. The van der Waals surface area contributed by atoms with E-state index in [9.17, 15) is 19.2 Å². The zero-order valence-corrected chi connectivity index (χ0v) is 17.6. The van der Waals surface area contributed by atoms with Gasteiger partial charge >= 0.3 is 6.01 Å². The third-order valence-electron chi connectivity index (χ3n) is 5.06. The summed E-state index contributed by atoms with van der Waals surface area (Å²) in [5.41, 5.74) is 5.71. The number of aromatic nitrogens is 1. The van der Waals surface area contributed by atoms with E-state index < -0.39 is 35.4 Å². The maximum absolute atomic E-state index is 12.7. The average molecular weight is 429 g/mol. The molecule has 10 heteroatoms. The maximum atomic E-state index is 12.7. The van der Waals surface area contributed by atoms with Crippen molar-refractivity contribution >= 4 is 34.7 Å². The van der Waals surface area contributed by atoms with Gasteiger partial charge in [-0.3, -0.25) is 24.5 Å². The molecule has 0 aliphatic carbocycles. The number of carbonyl (C=O) groups is 3. The fourth-order valence-electron chi connectivity index (χ4n) is 3.57. The molecule has 0 spiro atoms. The second-order valence-corrected chi connectivity index (χ2v) is 8.02. The number of carbonyl (C=O) groups excluding carboxylic acids is 3. The van der Waals surface area contributed by atoms with Crippen molar-refractivity contribution in [1.82, 2.24) is 15.6 Å². The van der Waals surface area contributed by atoms with E-state index >= 15 is 0 Å². The van der Waals surface area contributed by atoms with Crippen LogP contribution in [0.1, 0.15) is 33.1 Å². The Morgan fingerprint density at radius 1 is 1.29 bits per heavy atom. The van der Waals surface area contributed by atoms with Crippen LogP contribution in [0.5, 0.6) is 0 Å². The highest BCUT2D eigenvalue weighted by Gasteiger charge is 2.34. The molecule has 1 aromatic carbocycles. The largest absolute Gasteiger partial charge is 0.425 e. The quantitative estimate of drug-likeness (QED) is 0.569. The zero-order chi connectivity index (χ0) is 22.5. The van der Waals surface area contributed by atoms with Crippen molar-refractivity contribution in [1.29, 1.82) is 0 Å². The first-order valence-corrected chi connectivity index (χ1v) is 10.3. The highest BCUT2D eigenvalue weighted by Crippen LogP contribution is 2.25. The Hall–Kier alpha value is -3.27. The number of benzene rings is 1. The van der Waals surface area contributed by atoms with Crippen molar-refractivity contribution in [2.45, 2.75) is 45.2 Å². The van der Waals surface area contributed by atoms with Gasteiger partial charge in [-0.2, -0.15) is 4.98 Å². The molecule has 1 fully saturated rings. The van der Waals surface area contributed by atoms with Crippen LogP contribution in [0.4, 0.5) is 6.01 Å². The summed E-state index contributed by atoms with van der Waals surface area (Å²) in [7, 11) is 0. The molecule has 1 aliphatic rings. The van der Waals surface area contributed by atoms with Gasteiger partial charge in [0.25, 0.3) is 5.56 Å². The normalized spacial score (nSPS) is 17.0. The lowest BCUT2D eigenvalue weighted by atomic mass is 10.0. The molecule has 0 bridgehead atoms. The van der Waals surface area contributed by atoms with Crippen LogP contribution in [-0.2, 0) is 14.4 Å². The van der Waals surface area contributed by atoms with E-state index in [0.29, 0.717) is 36.8 Å². The fourth-order valence-corrected chi connectivity index (χ4v) is 3.57. The van der Waals surface area contributed by atoms with Gasteiger partial charge in [-0.15, -0.1) is 0 Å². The van der Waals surface area contributed by atoms with Gasteiger partial charge in [0.1, 0.15) is 11.6 Å². The van der Waals surface area contributed by atoms with E-state index in [-0.39, 0.29) is 18.5 Å². The smallest absolute Gasteiger partial charge is 0.301 e. The number of nitrogens with two attached hydrogens (primary N) is 1. The van der Waals surface area contributed by atoms with E-state index in [1.807, 2.05) is 13.8 Å². The van der Waals surface area contributed by atoms with Crippen LogP contribution >= 0.6 is 0 Å². The van der Waals surface area contributed by atoms with Crippen LogP contribution < -0.4 is 26.8 Å². The molecule has 4 N–H and O–H groups in total. The lowest BCUT2D eigenvalue weighted by Gasteiger charge is -2.23. The van der Waals surface area contributed by atoms with Gasteiger partial charge in [0.2, 0.25) is 17.7 Å². The number of fused-ring (bicyclic) bond motifs is 1. The van der Waals surface area contributed by atoms with E-state index in [0.717, 1.165) is 0 Å². The van der Waals surface area contributed by atoms with Crippen LogP contribution in [-0.4, -0.2) is 47.9 Å². The van der Waals surface area contributed by atoms with Crippen LogP contribution in [0, 0.1) is 5.92 Å². The number of amides is 3. The summed E-state index contributed by atoms with van der Waals surface area (Å²) >= 11 is 0. The number of nitrogens with one attached hydrogen (secondary N) is 2. The second-order valence-electron chi connectivity index (χ2n) is 8.02.